The summed E-state index contributed by atoms with van der Waals surface area (Å²) < 4.78 is 16.3. The number of hydrogen-bond donors (Lipinski definition) is 1. The topological polar surface area (TPSA) is 89.7 Å². The molecule has 4 aromatic rings. The molecule has 1 N–H and O–H groups in total. The maximum Gasteiger partial charge on any atom is 0.413 e. The molecule has 1 amide bonds. The van der Waals surface area contributed by atoms with Gasteiger partial charge in [-0.2, -0.15) is 0 Å². The summed E-state index contributed by atoms with van der Waals surface area (Å²) in [5.74, 6) is 0.878. The van der Waals surface area contributed by atoms with Crippen molar-refractivity contribution in [2.45, 2.75) is 39.7 Å². The maximum atomic E-state index is 12.1. The van der Waals surface area contributed by atoms with Gasteiger partial charge >= 0.3 is 6.09 Å². The number of amides is 1. The Kier molecular flexibility index (Phi) is 8.28. The van der Waals surface area contributed by atoms with Crippen LogP contribution in [-0.4, -0.2) is 48.0 Å². The molecule has 0 unspecified atom stereocenters. The Bertz CT molecular complexity index is 1290. The van der Waals surface area contributed by atoms with Crippen molar-refractivity contribution in [3.05, 3.63) is 65.7 Å². The van der Waals surface area contributed by atoms with E-state index < -0.39 is 6.09 Å². The van der Waals surface area contributed by atoms with Crippen LogP contribution < -0.4 is 5.32 Å². The predicted molar refractivity (Wildman–Crippen MR) is 136 cm³/mol. The third-order valence-electron chi connectivity index (χ3n) is 5.83. The molecule has 184 valence electrons. The van der Waals surface area contributed by atoms with E-state index in [9.17, 15) is 4.79 Å². The van der Waals surface area contributed by atoms with E-state index >= 15 is 0 Å². The smallest absolute Gasteiger partial charge is 0.413 e. The highest BCUT2D eigenvalue weighted by atomic mass is 16.7. The molecule has 0 aliphatic rings. The number of nitrogens with one attached hydrogen (secondary N) is 1. The predicted octanol–water partition coefficient (Wildman–Crippen LogP) is 5.68. The largest absolute Gasteiger partial charge is 0.461 e. The monoisotopic (exact) mass is 476 g/mol. The van der Waals surface area contributed by atoms with Gasteiger partial charge in [0.05, 0.1) is 29.5 Å². The van der Waals surface area contributed by atoms with Crippen LogP contribution in [0.5, 0.6) is 0 Å². The highest BCUT2D eigenvalue weighted by Gasteiger charge is 2.14. The van der Waals surface area contributed by atoms with E-state index in [0.29, 0.717) is 18.8 Å². The van der Waals surface area contributed by atoms with Crippen LogP contribution in [0.4, 0.5) is 10.5 Å². The van der Waals surface area contributed by atoms with Crippen molar-refractivity contribution in [3.8, 4) is 0 Å². The number of para-hydroxylation sites is 2. The second-order valence-corrected chi connectivity index (χ2v) is 8.62. The number of hydrogen-bond acceptors (Lipinski definition) is 7. The maximum absolute atomic E-state index is 12.1. The van der Waals surface area contributed by atoms with Gasteiger partial charge in [0.2, 0.25) is 0 Å². The highest BCUT2D eigenvalue weighted by molar-refractivity contribution is 5.91. The molecule has 2 aromatic carbocycles. The van der Waals surface area contributed by atoms with Crippen molar-refractivity contribution < 1.29 is 18.7 Å². The zero-order valence-electron chi connectivity index (χ0n) is 20.5. The fraction of sp³-hybridized carbons (Fsp3) is 0.370. The number of aromatic nitrogens is 2. The summed E-state index contributed by atoms with van der Waals surface area (Å²) >= 11 is 0. The Morgan fingerprint density at radius 3 is 2.83 bits per heavy atom. The van der Waals surface area contributed by atoms with Crippen LogP contribution in [0.3, 0.4) is 0 Å². The van der Waals surface area contributed by atoms with Gasteiger partial charge in [0.15, 0.2) is 6.79 Å². The lowest BCUT2D eigenvalue weighted by Gasteiger charge is -2.16. The molecule has 0 spiro atoms. The molecule has 8 heteroatoms. The van der Waals surface area contributed by atoms with Gasteiger partial charge in [-0.25, -0.2) is 9.78 Å². The van der Waals surface area contributed by atoms with Crippen LogP contribution in [0.1, 0.15) is 36.8 Å². The highest BCUT2D eigenvalue weighted by Crippen LogP contribution is 2.29. The second-order valence-electron chi connectivity index (χ2n) is 8.62. The average Bonchev–Trinajstić information content (AvgIpc) is 3.16. The van der Waals surface area contributed by atoms with Crippen LogP contribution in [-0.2, 0) is 22.4 Å². The minimum atomic E-state index is -0.543. The van der Waals surface area contributed by atoms with Gasteiger partial charge in [0.25, 0.3) is 0 Å². The van der Waals surface area contributed by atoms with Crippen molar-refractivity contribution in [2.75, 3.05) is 32.3 Å². The Morgan fingerprint density at radius 2 is 2.00 bits per heavy atom. The lowest BCUT2D eigenvalue weighted by atomic mass is 10.1. The molecule has 0 atom stereocenters. The van der Waals surface area contributed by atoms with Gasteiger partial charge in [-0.15, -0.1) is 0 Å². The number of carbonyl (C=O) groups excluding carboxylic acids is 1. The Balaban J connectivity index is 1.36. The molecule has 0 bridgehead atoms. The SMILES string of the molecule is CCCCOCOC(=O)Nc1ccc2oc(C)c(CCN(C)Cc3cnc4ccccc4n3)c2c1. The number of unbranched alkanes of at least 4 members (excludes halogenated alkanes) is 1. The van der Waals surface area contributed by atoms with E-state index in [0.717, 1.165) is 64.8 Å². The molecule has 0 saturated heterocycles. The number of ether oxygens (including phenoxy) is 2. The van der Waals surface area contributed by atoms with Crippen molar-refractivity contribution >= 4 is 33.8 Å². The fourth-order valence-corrected chi connectivity index (χ4v) is 3.94. The quantitative estimate of drug-likeness (QED) is 0.220. The Labute approximate surface area is 205 Å². The minimum absolute atomic E-state index is 0.0575. The number of carbonyl (C=O) groups is 1. The molecule has 0 aliphatic heterocycles. The summed E-state index contributed by atoms with van der Waals surface area (Å²) in [5, 5.41) is 3.75. The molecule has 0 radical (unpaired) electrons. The number of furan rings is 1. The first-order chi connectivity index (χ1) is 17.0. The molecule has 0 fully saturated rings. The van der Waals surface area contributed by atoms with E-state index in [1.54, 1.807) is 6.07 Å². The first kappa shape index (κ1) is 24.6. The molecular weight excluding hydrogens is 444 g/mol. The normalized spacial score (nSPS) is 11.4. The number of fused-ring (bicyclic) bond motifs is 2. The molecule has 2 heterocycles. The van der Waals surface area contributed by atoms with Gasteiger partial charge in [-0.3, -0.25) is 10.3 Å². The van der Waals surface area contributed by atoms with Crippen molar-refractivity contribution in [3.63, 3.8) is 0 Å². The van der Waals surface area contributed by atoms with Crippen molar-refractivity contribution in [2.24, 2.45) is 0 Å². The van der Waals surface area contributed by atoms with Gasteiger partial charge in [-0.05, 0) is 57.1 Å². The Hall–Kier alpha value is -3.49. The van der Waals surface area contributed by atoms with Gasteiger partial charge in [0, 0.05) is 29.7 Å². The van der Waals surface area contributed by atoms with Crippen LogP contribution >= 0.6 is 0 Å². The van der Waals surface area contributed by atoms with Crippen LogP contribution in [0, 0.1) is 6.92 Å². The number of rotatable bonds is 11. The second kappa shape index (κ2) is 11.8. The summed E-state index contributed by atoms with van der Waals surface area (Å²) in [4.78, 5) is 23.5. The number of likely N-dealkylation sites (N-methyl/N-ethyl adjacent to an activating group) is 1. The molecule has 8 nitrogen and oxygen atoms in total. The molecular formula is C27H32N4O4. The third kappa shape index (κ3) is 6.55. The van der Waals surface area contributed by atoms with E-state index in [4.69, 9.17) is 18.9 Å². The first-order valence-corrected chi connectivity index (χ1v) is 12.0. The van der Waals surface area contributed by atoms with Gasteiger partial charge in [0.1, 0.15) is 11.3 Å². The summed E-state index contributed by atoms with van der Waals surface area (Å²) in [6.07, 6.45) is 4.07. The first-order valence-electron chi connectivity index (χ1n) is 12.0. The van der Waals surface area contributed by atoms with Crippen LogP contribution in [0.15, 0.2) is 53.1 Å². The van der Waals surface area contributed by atoms with Crippen molar-refractivity contribution in [1.82, 2.24) is 14.9 Å². The van der Waals surface area contributed by atoms with E-state index in [1.807, 2.05) is 49.5 Å². The van der Waals surface area contributed by atoms with E-state index in [2.05, 4.69) is 29.2 Å². The summed E-state index contributed by atoms with van der Waals surface area (Å²) in [6, 6.07) is 13.5. The van der Waals surface area contributed by atoms with E-state index in [1.165, 1.54) is 0 Å². The summed E-state index contributed by atoms with van der Waals surface area (Å²) in [7, 11) is 2.07. The molecule has 0 aliphatic carbocycles. The lowest BCUT2D eigenvalue weighted by Crippen LogP contribution is -2.21. The fourth-order valence-electron chi connectivity index (χ4n) is 3.94. The molecule has 0 saturated carbocycles. The van der Waals surface area contributed by atoms with Crippen LogP contribution in [0.25, 0.3) is 22.0 Å². The van der Waals surface area contributed by atoms with Gasteiger partial charge < -0.3 is 18.8 Å². The average molecular weight is 477 g/mol. The van der Waals surface area contributed by atoms with Gasteiger partial charge in [-0.1, -0.05) is 25.5 Å². The van der Waals surface area contributed by atoms with Crippen molar-refractivity contribution in [1.29, 1.82) is 0 Å². The van der Waals surface area contributed by atoms with Crippen LogP contribution in [0.2, 0.25) is 0 Å². The molecule has 35 heavy (non-hydrogen) atoms. The number of nitrogens with zero attached hydrogens (tertiary/aromatic N) is 3. The standard InChI is InChI=1S/C27H32N4O4/c1-4-5-14-33-18-34-27(32)30-20-10-11-26-23(15-20)22(19(2)35-26)12-13-31(3)17-21-16-28-24-8-6-7-9-25(24)29-21/h6-11,15-16H,4-5,12-14,17-18H2,1-3H3,(H,30,32). The van der Waals surface area contributed by atoms with E-state index in [-0.39, 0.29) is 6.79 Å². The summed E-state index contributed by atoms with van der Waals surface area (Å²) in [6.45, 7) is 6.09. The number of aryl methyl sites for hydroxylation is 1. The lowest BCUT2D eigenvalue weighted by molar-refractivity contribution is -0.0110. The summed E-state index contributed by atoms with van der Waals surface area (Å²) in [5.41, 5.74) is 5.30. The minimum Gasteiger partial charge on any atom is -0.461 e. The third-order valence-corrected chi connectivity index (χ3v) is 5.83. The Morgan fingerprint density at radius 1 is 1.17 bits per heavy atom. The molecule has 2 aromatic heterocycles. The number of benzene rings is 2. The zero-order chi connectivity index (χ0) is 24.6. The zero-order valence-corrected chi connectivity index (χ0v) is 20.5. The molecule has 4 rings (SSSR count). The number of anilines is 1.